The van der Waals surface area contributed by atoms with E-state index in [9.17, 15) is 14.4 Å². The lowest BCUT2D eigenvalue weighted by atomic mass is 9.97. The summed E-state index contributed by atoms with van der Waals surface area (Å²) >= 11 is 0. The van der Waals surface area contributed by atoms with E-state index in [0.717, 1.165) is 0 Å². The van der Waals surface area contributed by atoms with Crippen molar-refractivity contribution in [3.63, 3.8) is 0 Å². The van der Waals surface area contributed by atoms with Crippen molar-refractivity contribution in [2.45, 2.75) is 26.3 Å². The van der Waals surface area contributed by atoms with Crippen LogP contribution in [0.1, 0.15) is 20.3 Å². The summed E-state index contributed by atoms with van der Waals surface area (Å²) in [5.41, 5.74) is 0. The molecule has 3 N–H and O–H groups in total. The van der Waals surface area contributed by atoms with E-state index in [0.29, 0.717) is 19.6 Å². The van der Waals surface area contributed by atoms with E-state index in [1.54, 1.807) is 13.8 Å². The number of nitrogens with one attached hydrogen (secondary N) is 2. The SMILES string of the molecule is CCNC(=O)C(C)NC(=O)N1CC(CC(=O)O)C1. The topological polar surface area (TPSA) is 98.7 Å². The van der Waals surface area contributed by atoms with E-state index in [1.807, 2.05) is 0 Å². The lowest BCUT2D eigenvalue weighted by Gasteiger charge is -2.38. The molecule has 0 radical (unpaired) electrons. The number of aliphatic carboxylic acids is 1. The molecule has 18 heavy (non-hydrogen) atoms. The van der Waals surface area contributed by atoms with E-state index in [2.05, 4.69) is 10.6 Å². The Bertz CT molecular complexity index is 339. The number of carboxylic acids is 1. The zero-order valence-electron chi connectivity index (χ0n) is 10.6. The Labute approximate surface area is 106 Å². The molecule has 1 aliphatic heterocycles. The van der Waals surface area contributed by atoms with Crippen LogP contribution in [0.25, 0.3) is 0 Å². The average molecular weight is 257 g/mol. The molecule has 1 atom stereocenters. The van der Waals surface area contributed by atoms with Gasteiger partial charge in [0.2, 0.25) is 5.91 Å². The van der Waals surface area contributed by atoms with Gasteiger partial charge in [0.15, 0.2) is 0 Å². The third-order valence-corrected chi connectivity index (χ3v) is 2.79. The Morgan fingerprint density at radius 2 is 2.00 bits per heavy atom. The van der Waals surface area contributed by atoms with Crippen molar-refractivity contribution in [2.24, 2.45) is 5.92 Å². The molecule has 102 valence electrons. The Balaban J connectivity index is 2.27. The molecule has 0 aliphatic carbocycles. The number of amides is 3. The second-order valence-corrected chi connectivity index (χ2v) is 4.43. The highest BCUT2D eigenvalue weighted by atomic mass is 16.4. The van der Waals surface area contributed by atoms with Crippen molar-refractivity contribution >= 4 is 17.9 Å². The summed E-state index contributed by atoms with van der Waals surface area (Å²) in [5.74, 6) is -1.06. The highest BCUT2D eigenvalue weighted by Gasteiger charge is 2.32. The predicted octanol–water partition coefficient (Wildman–Crippen LogP) is -0.373. The first kappa shape index (κ1) is 14.3. The van der Waals surface area contributed by atoms with Crippen LogP contribution >= 0.6 is 0 Å². The van der Waals surface area contributed by atoms with Crippen LogP contribution < -0.4 is 10.6 Å². The van der Waals surface area contributed by atoms with Crippen LogP contribution in [0.5, 0.6) is 0 Å². The highest BCUT2D eigenvalue weighted by Crippen LogP contribution is 2.18. The van der Waals surface area contributed by atoms with Gasteiger partial charge in [0.05, 0.1) is 6.42 Å². The smallest absolute Gasteiger partial charge is 0.318 e. The summed E-state index contributed by atoms with van der Waals surface area (Å²) in [6.07, 6.45) is 0.0790. The molecular formula is C11H19N3O4. The van der Waals surface area contributed by atoms with Crippen LogP contribution in [0.2, 0.25) is 0 Å². The molecule has 3 amide bonds. The van der Waals surface area contributed by atoms with Gasteiger partial charge in [0.25, 0.3) is 0 Å². The van der Waals surface area contributed by atoms with Gasteiger partial charge in [0, 0.05) is 25.6 Å². The number of likely N-dealkylation sites (tertiary alicyclic amines) is 1. The van der Waals surface area contributed by atoms with Crippen LogP contribution in [0, 0.1) is 5.92 Å². The molecule has 0 aromatic heterocycles. The van der Waals surface area contributed by atoms with E-state index in [4.69, 9.17) is 5.11 Å². The van der Waals surface area contributed by atoms with Gasteiger partial charge in [-0.15, -0.1) is 0 Å². The molecule has 1 rings (SSSR count). The van der Waals surface area contributed by atoms with Gasteiger partial charge in [-0.1, -0.05) is 0 Å². The number of carboxylic acid groups (broad SMARTS) is 1. The number of hydrogen-bond donors (Lipinski definition) is 3. The fraction of sp³-hybridized carbons (Fsp3) is 0.727. The number of nitrogens with zero attached hydrogens (tertiary/aromatic N) is 1. The lowest BCUT2D eigenvalue weighted by molar-refractivity contribution is -0.139. The standard InChI is InChI=1S/C11H19N3O4/c1-3-12-10(17)7(2)13-11(18)14-5-8(6-14)4-9(15)16/h7-8H,3-6H2,1-2H3,(H,12,17)(H,13,18)(H,15,16). The maximum absolute atomic E-state index is 11.7. The summed E-state index contributed by atoms with van der Waals surface area (Å²) in [6.45, 7) is 4.79. The van der Waals surface area contributed by atoms with Gasteiger partial charge in [-0.3, -0.25) is 9.59 Å². The maximum atomic E-state index is 11.7. The van der Waals surface area contributed by atoms with Crippen molar-refractivity contribution in [1.29, 1.82) is 0 Å². The average Bonchev–Trinajstić information content (AvgIpc) is 2.22. The third-order valence-electron chi connectivity index (χ3n) is 2.79. The second-order valence-electron chi connectivity index (χ2n) is 4.43. The van der Waals surface area contributed by atoms with Crippen LogP contribution in [-0.2, 0) is 9.59 Å². The number of rotatable bonds is 5. The van der Waals surface area contributed by atoms with Gasteiger partial charge < -0.3 is 20.6 Å². The Morgan fingerprint density at radius 1 is 1.39 bits per heavy atom. The summed E-state index contributed by atoms with van der Waals surface area (Å²) < 4.78 is 0. The normalized spacial score (nSPS) is 16.7. The molecule has 0 bridgehead atoms. The van der Waals surface area contributed by atoms with Crippen molar-refractivity contribution in [3.05, 3.63) is 0 Å². The minimum Gasteiger partial charge on any atom is -0.481 e. The quantitative estimate of drug-likeness (QED) is 0.625. The van der Waals surface area contributed by atoms with Gasteiger partial charge in [-0.25, -0.2) is 4.79 Å². The fourth-order valence-corrected chi connectivity index (χ4v) is 1.78. The summed E-state index contributed by atoms with van der Waals surface area (Å²) in [4.78, 5) is 35.0. The zero-order valence-corrected chi connectivity index (χ0v) is 10.6. The minimum atomic E-state index is -0.851. The van der Waals surface area contributed by atoms with Crippen molar-refractivity contribution in [3.8, 4) is 0 Å². The van der Waals surface area contributed by atoms with Crippen LogP contribution in [0.3, 0.4) is 0 Å². The first-order chi connectivity index (χ1) is 8.43. The second kappa shape index (κ2) is 6.23. The Hall–Kier alpha value is -1.79. The number of hydrogen-bond acceptors (Lipinski definition) is 3. The van der Waals surface area contributed by atoms with Crippen LogP contribution in [-0.4, -0.2) is 53.6 Å². The zero-order chi connectivity index (χ0) is 13.7. The van der Waals surface area contributed by atoms with Gasteiger partial charge in [-0.05, 0) is 13.8 Å². The number of likely N-dealkylation sites (N-methyl/N-ethyl adjacent to an activating group) is 1. The number of carbonyl (C=O) groups excluding carboxylic acids is 2. The van der Waals surface area contributed by atoms with E-state index in [1.165, 1.54) is 4.90 Å². The molecule has 0 spiro atoms. The van der Waals surface area contributed by atoms with Gasteiger partial charge >= 0.3 is 12.0 Å². The molecule has 1 fully saturated rings. The summed E-state index contributed by atoms with van der Waals surface area (Å²) in [5, 5.41) is 13.8. The molecule has 7 heteroatoms. The maximum Gasteiger partial charge on any atom is 0.318 e. The molecule has 0 aromatic carbocycles. The first-order valence-electron chi connectivity index (χ1n) is 5.99. The monoisotopic (exact) mass is 257 g/mol. The first-order valence-corrected chi connectivity index (χ1v) is 5.99. The molecule has 1 heterocycles. The Morgan fingerprint density at radius 3 is 2.50 bits per heavy atom. The predicted molar refractivity (Wildman–Crippen MR) is 64.0 cm³/mol. The van der Waals surface area contributed by atoms with Gasteiger partial charge in [0.1, 0.15) is 6.04 Å². The van der Waals surface area contributed by atoms with E-state index in [-0.39, 0.29) is 24.3 Å². The van der Waals surface area contributed by atoms with Crippen molar-refractivity contribution in [1.82, 2.24) is 15.5 Å². The molecule has 7 nitrogen and oxygen atoms in total. The Kier molecular flexibility index (Phi) is 4.94. The number of urea groups is 1. The van der Waals surface area contributed by atoms with Crippen molar-refractivity contribution < 1.29 is 19.5 Å². The fourth-order valence-electron chi connectivity index (χ4n) is 1.78. The molecule has 1 saturated heterocycles. The highest BCUT2D eigenvalue weighted by molar-refractivity contribution is 5.86. The molecular weight excluding hydrogens is 238 g/mol. The molecule has 0 aromatic rings. The third kappa shape index (κ3) is 3.90. The van der Waals surface area contributed by atoms with E-state index >= 15 is 0 Å². The van der Waals surface area contributed by atoms with Crippen LogP contribution in [0.15, 0.2) is 0 Å². The lowest BCUT2D eigenvalue weighted by Crippen LogP contribution is -2.57. The molecule has 1 aliphatic rings. The van der Waals surface area contributed by atoms with E-state index < -0.39 is 12.0 Å². The largest absolute Gasteiger partial charge is 0.481 e. The summed E-state index contributed by atoms with van der Waals surface area (Å²) in [7, 11) is 0. The minimum absolute atomic E-state index is 0.0213. The number of carbonyl (C=O) groups is 3. The molecule has 1 unspecified atom stereocenters. The van der Waals surface area contributed by atoms with Crippen LogP contribution in [0.4, 0.5) is 4.79 Å². The molecule has 0 saturated carbocycles. The van der Waals surface area contributed by atoms with Crippen molar-refractivity contribution in [2.75, 3.05) is 19.6 Å². The van der Waals surface area contributed by atoms with Gasteiger partial charge in [-0.2, -0.15) is 0 Å². The summed E-state index contributed by atoms with van der Waals surface area (Å²) in [6, 6.07) is -0.911.